The van der Waals surface area contributed by atoms with Gasteiger partial charge < -0.3 is 18.7 Å². The van der Waals surface area contributed by atoms with E-state index in [1.807, 2.05) is 12.3 Å². The maximum Gasteiger partial charge on any atom is 0.307 e. The fourth-order valence-corrected chi connectivity index (χ4v) is 8.72. The molecule has 0 aliphatic carbocycles. The molecule has 3 aromatic heterocycles. The predicted octanol–water partition coefficient (Wildman–Crippen LogP) is 10.0. The average molecular weight is 766 g/mol. The van der Waals surface area contributed by atoms with E-state index in [4.69, 9.17) is 9.72 Å². The number of hydrogen-bond acceptors (Lipinski definition) is 3. The zero-order chi connectivity index (χ0) is 40.3. The minimum atomic E-state index is -0.0828. The summed E-state index contributed by atoms with van der Waals surface area (Å²) in [6.07, 6.45) is 9.97. The first kappa shape index (κ1) is 36.2. The second-order valence-corrected chi connectivity index (χ2v) is 16.4. The number of pyridine rings is 1. The molecule has 0 saturated carbocycles. The number of ether oxygens (including phenoxy) is 1. The number of rotatable bonds is 7. The Labute approximate surface area is 346 Å². The Morgan fingerprint density at radius 1 is 0.661 bits per heavy atom. The summed E-state index contributed by atoms with van der Waals surface area (Å²) in [6.45, 7) is 6.62. The fraction of sp³-hybridized carbons (Fsp3) is 0.115. The highest BCUT2D eigenvalue weighted by Crippen LogP contribution is 2.36. The maximum absolute atomic E-state index is 6.71. The van der Waals surface area contributed by atoms with Gasteiger partial charge in [0.25, 0.3) is 0 Å². The molecule has 0 spiro atoms. The minimum absolute atomic E-state index is 0.00639. The van der Waals surface area contributed by atoms with E-state index < -0.39 is 0 Å². The van der Waals surface area contributed by atoms with E-state index in [-0.39, 0.29) is 12.3 Å². The first-order valence-electron chi connectivity index (χ1n) is 20.2. The normalized spacial score (nSPS) is 12.7. The Hall–Kier alpha value is -7.12. The Morgan fingerprint density at radius 2 is 1.32 bits per heavy atom. The quantitative estimate of drug-likeness (QED) is 0.0922. The van der Waals surface area contributed by atoms with Gasteiger partial charge in [0.1, 0.15) is 17.3 Å². The third-order valence-electron chi connectivity index (χ3n) is 11.6. The molecule has 0 radical (unpaired) electrons. The average Bonchev–Trinajstić information content (AvgIpc) is 3.78. The highest BCUT2D eigenvalue weighted by atomic mass is 16.5. The number of para-hydroxylation sites is 1. The summed E-state index contributed by atoms with van der Waals surface area (Å²) >= 11 is 0. The van der Waals surface area contributed by atoms with Crippen LogP contribution in [0.25, 0.3) is 61.6 Å². The molecule has 1 aliphatic heterocycles. The molecule has 6 aromatic carbocycles. The van der Waals surface area contributed by atoms with Crippen LogP contribution in [0.3, 0.4) is 0 Å². The van der Waals surface area contributed by atoms with Crippen LogP contribution < -0.4 is 20.4 Å². The number of hydrogen-bond donors (Lipinski definition) is 0. The van der Waals surface area contributed by atoms with Crippen molar-refractivity contribution in [3.8, 4) is 45.3 Å². The van der Waals surface area contributed by atoms with Gasteiger partial charge >= 0.3 is 6.85 Å². The number of aromatic nitrogens is 4. The molecule has 0 amide bonds. The van der Waals surface area contributed by atoms with Gasteiger partial charge in [-0.2, -0.15) is 0 Å². The number of nitrogens with zero attached hydrogens (tertiary/aromatic N) is 5. The lowest BCUT2D eigenvalue weighted by atomic mass is 9.47. The van der Waals surface area contributed by atoms with Gasteiger partial charge in [-0.15, -0.1) is 0 Å². The summed E-state index contributed by atoms with van der Waals surface area (Å²) in [5, 5.41) is 2.33. The largest absolute Gasteiger partial charge is 0.458 e. The summed E-state index contributed by atoms with van der Waals surface area (Å²) in [5.41, 5.74) is 12.6. The zero-order valence-corrected chi connectivity index (χ0v) is 34.0. The number of imidazole rings is 1. The molecule has 1 aliphatic rings. The van der Waals surface area contributed by atoms with Gasteiger partial charge in [0, 0.05) is 34.3 Å². The molecule has 0 saturated heterocycles. The smallest absolute Gasteiger partial charge is 0.307 e. The van der Waals surface area contributed by atoms with Crippen LogP contribution in [0.1, 0.15) is 32.0 Å². The molecule has 0 atom stereocenters. The molecule has 4 heterocycles. The number of fused-ring (bicyclic) bond motifs is 4. The Kier molecular flexibility index (Phi) is 8.82. The van der Waals surface area contributed by atoms with Crippen molar-refractivity contribution in [2.75, 3.05) is 7.05 Å². The lowest BCUT2D eigenvalue weighted by Gasteiger charge is -2.33. The highest BCUT2D eigenvalue weighted by molar-refractivity contribution is 6.85. The molecule has 0 fully saturated rings. The van der Waals surface area contributed by atoms with Gasteiger partial charge in [-0.05, 0) is 100 Å². The van der Waals surface area contributed by atoms with Crippen molar-refractivity contribution in [1.82, 2.24) is 18.9 Å². The lowest BCUT2D eigenvalue weighted by Crippen LogP contribution is -2.65. The van der Waals surface area contributed by atoms with Crippen molar-refractivity contribution in [2.24, 2.45) is 7.05 Å². The molecular formula is C52H44BN5O. The molecule has 10 rings (SSSR count). The zero-order valence-electron chi connectivity index (χ0n) is 34.0. The summed E-state index contributed by atoms with van der Waals surface area (Å²) in [7, 11) is 4.27. The standard InChI is InChI=1S/C52H44BN5O/c1-52(2,3)38-28-30-54-49(32-38)58-46-25-13-12-22-44(46)45-27-26-41(34-48(45)58)59-40-21-14-20-39(33-40)57-35-55(4)51-47(57)29-31-56(5)53(51)50-42(36-16-8-6-9-17-36)23-15-24-43(50)37-18-10-7-11-19-37/h6-34H,1-5H3. The molecular weight excluding hydrogens is 721 g/mol. The SMILES string of the molecule is CN1C=Cc2c([n+](C)[c-]n2-c2cccc(Oc3ccc4c5ccccc5n(-c5cc(C(C)(C)C)ccn5)c4c3)c2)B1c1c(-c2ccccc2)cccc1-c1ccccc1. The molecule has 9 aromatic rings. The topological polar surface area (TPSA) is 39.1 Å². The maximum atomic E-state index is 6.71. The van der Waals surface area contributed by atoms with Gasteiger partial charge in [-0.1, -0.05) is 130 Å². The molecule has 0 unspecified atom stereocenters. The summed E-state index contributed by atoms with van der Waals surface area (Å²) in [5.74, 6) is 2.38. The fourth-order valence-electron chi connectivity index (χ4n) is 8.72. The van der Waals surface area contributed by atoms with Crippen molar-refractivity contribution in [3.63, 3.8) is 0 Å². The van der Waals surface area contributed by atoms with Crippen LogP contribution in [0, 0.1) is 6.33 Å². The van der Waals surface area contributed by atoms with Gasteiger partial charge in [0.2, 0.25) is 6.33 Å². The molecule has 286 valence electrons. The second kappa shape index (κ2) is 14.4. The van der Waals surface area contributed by atoms with E-state index in [0.717, 1.165) is 50.7 Å². The first-order chi connectivity index (χ1) is 28.7. The molecule has 0 N–H and O–H groups in total. The van der Waals surface area contributed by atoms with Crippen LogP contribution >= 0.6 is 0 Å². The van der Waals surface area contributed by atoms with Gasteiger partial charge in [-0.25, -0.2) is 4.98 Å². The van der Waals surface area contributed by atoms with Crippen molar-refractivity contribution in [1.29, 1.82) is 0 Å². The van der Waals surface area contributed by atoms with Crippen molar-refractivity contribution in [2.45, 2.75) is 26.2 Å². The van der Waals surface area contributed by atoms with Crippen LogP contribution in [0.15, 0.2) is 170 Å². The molecule has 7 heteroatoms. The third kappa shape index (κ3) is 6.40. The van der Waals surface area contributed by atoms with Crippen LogP contribution in [-0.4, -0.2) is 32.8 Å². The van der Waals surface area contributed by atoms with Crippen molar-refractivity contribution in [3.05, 3.63) is 188 Å². The molecule has 0 bridgehead atoms. The van der Waals surface area contributed by atoms with Gasteiger partial charge in [-0.3, -0.25) is 4.57 Å². The summed E-state index contributed by atoms with van der Waals surface area (Å²) < 4.78 is 13.3. The van der Waals surface area contributed by atoms with E-state index in [1.165, 1.54) is 38.7 Å². The van der Waals surface area contributed by atoms with Crippen molar-refractivity contribution < 1.29 is 9.30 Å². The summed E-state index contributed by atoms with van der Waals surface area (Å²) in [6, 6.07) is 55.6. The van der Waals surface area contributed by atoms with E-state index in [0.29, 0.717) is 0 Å². The van der Waals surface area contributed by atoms with Gasteiger partial charge in [0.15, 0.2) is 0 Å². The van der Waals surface area contributed by atoms with Crippen LogP contribution in [0.4, 0.5) is 0 Å². The number of benzene rings is 6. The van der Waals surface area contributed by atoms with Crippen LogP contribution in [-0.2, 0) is 12.5 Å². The Bertz CT molecular complexity index is 2990. The minimum Gasteiger partial charge on any atom is -0.458 e. The summed E-state index contributed by atoms with van der Waals surface area (Å²) in [4.78, 5) is 7.18. The lowest BCUT2D eigenvalue weighted by molar-refractivity contribution is -0.658. The highest BCUT2D eigenvalue weighted by Gasteiger charge is 2.35. The van der Waals surface area contributed by atoms with Crippen LogP contribution in [0.5, 0.6) is 11.5 Å². The molecule has 6 nitrogen and oxygen atoms in total. The first-order valence-corrected chi connectivity index (χ1v) is 20.2. The van der Waals surface area contributed by atoms with Crippen molar-refractivity contribution >= 4 is 45.8 Å². The van der Waals surface area contributed by atoms with E-state index in [1.54, 1.807) is 0 Å². The monoisotopic (exact) mass is 765 g/mol. The second-order valence-electron chi connectivity index (χ2n) is 16.4. The van der Waals surface area contributed by atoms with E-state index in [9.17, 15) is 0 Å². The predicted molar refractivity (Wildman–Crippen MR) is 242 cm³/mol. The van der Waals surface area contributed by atoms with Gasteiger partial charge in [0.05, 0.1) is 23.8 Å². The third-order valence-corrected chi connectivity index (χ3v) is 11.6. The van der Waals surface area contributed by atoms with Crippen LogP contribution in [0.2, 0.25) is 0 Å². The Balaban J connectivity index is 1.05. The number of aryl methyl sites for hydroxylation is 1. The van der Waals surface area contributed by atoms with E-state index >= 15 is 0 Å². The Morgan fingerprint density at radius 3 is 2.05 bits per heavy atom. The molecule has 59 heavy (non-hydrogen) atoms. The van der Waals surface area contributed by atoms with E-state index in [2.05, 4.69) is 224 Å².